The predicted octanol–water partition coefficient (Wildman–Crippen LogP) is 2.05. The van der Waals surface area contributed by atoms with Crippen molar-refractivity contribution in [1.82, 2.24) is 19.8 Å². The minimum atomic E-state index is -0.252. The van der Waals surface area contributed by atoms with Crippen molar-refractivity contribution in [2.45, 2.75) is 51.7 Å². The van der Waals surface area contributed by atoms with Gasteiger partial charge in [-0.2, -0.15) is 4.52 Å². The van der Waals surface area contributed by atoms with Crippen molar-refractivity contribution in [1.29, 1.82) is 0 Å². The third-order valence-electron chi connectivity index (χ3n) is 4.08. The largest absolute Gasteiger partial charge is 0.382 e. The standard InChI is InChI=1S/C17H27N5O2/c1-16(2,3)15-19-18-13-7-8-14(20-22(13)15)21-9-12(10-23-6)24-17(4,5)11-21/h7-8,12H,9-11H2,1-6H3/t12-/m1/s1. The van der Waals surface area contributed by atoms with Gasteiger partial charge in [-0.05, 0) is 26.0 Å². The minimum Gasteiger partial charge on any atom is -0.382 e. The molecule has 7 nitrogen and oxygen atoms in total. The van der Waals surface area contributed by atoms with Crippen molar-refractivity contribution < 1.29 is 9.47 Å². The van der Waals surface area contributed by atoms with Crippen molar-refractivity contribution in [3.05, 3.63) is 18.0 Å². The summed E-state index contributed by atoms with van der Waals surface area (Å²) in [5.41, 5.74) is 0.399. The molecule has 0 bridgehead atoms. The average molecular weight is 333 g/mol. The van der Waals surface area contributed by atoms with E-state index >= 15 is 0 Å². The Morgan fingerprint density at radius 1 is 1.29 bits per heavy atom. The van der Waals surface area contributed by atoms with Crippen molar-refractivity contribution in [3.8, 4) is 0 Å². The van der Waals surface area contributed by atoms with E-state index in [0.717, 1.165) is 30.4 Å². The van der Waals surface area contributed by atoms with Crippen LogP contribution >= 0.6 is 0 Å². The second-order valence-corrected chi connectivity index (χ2v) is 8.07. The number of methoxy groups -OCH3 is 1. The second-order valence-electron chi connectivity index (χ2n) is 8.07. The average Bonchev–Trinajstić information content (AvgIpc) is 2.88. The number of nitrogens with zero attached hydrogens (tertiary/aromatic N) is 5. The molecule has 3 heterocycles. The lowest BCUT2D eigenvalue weighted by atomic mass is 9.96. The first-order valence-electron chi connectivity index (χ1n) is 8.34. The normalized spacial score (nSPS) is 21.4. The number of hydrogen-bond donors (Lipinski definition) is 0. The minimum absolute atomic E-state index is 0.0271. The molecule has 1 atom stereocenters. The van der Waals surface area contributed by atoms with Gasteiger partial charge in [-0.3, -0.25) is 0 Å². The van der Waals surface area contributed by atoms with Gasteiger partial charge in [0.1, 0.15) is 5.82 Å². The summed E-state index contributed by atoms with van der Waals surface area (Å²) in [6, 6.07) is 3.97. The van der Waals surface area contributed by atoms with Crippen LogP contribution in [0.25, 0.3) is 5.65 Å². The van der Waals surface area contributed by atoms with E-state index < -0.39 is 0 Å². The molecule has 132 valence electrons. The van der Waals surface area contributed by atoms with Gasteiger partial charge < -0.3 is 14.4 Å². The first-order valence-corrected chi connectivity index (χ1v) is 8.34. The van der Waals surface area contributed by atoms with E-state index in [4.69, 9.17) is 14.6 Å². The summed E-state index contributed by atoms with van der Waals surface area (Å²) in [5, 5.41) is 13.4. The number of fused-ring (bicyclic) bond motifs is 1. The Morgan fingerprint density at radius 3 is 2.71 bits per heavy atom. The fourth-order valence-electron chi connectivity index (χ4n) is 3.16. The summed E-state index contributed by atoms with van der Waals surface area (Å²) < 4.78 is 13.2. The van der Waals surface area contributed by atoms with Gasteiger partial charge >= 0.3 is 0 Å². The van der Waals surface area contributed by atoms with E-state index in [1.165, 1.54) is 0 Å². The van der Waals surface area contributed by atoms with E-state index in [0.29, 0.717) is 6.61 Å². The Bertz CT molecular complexity index is 719. The summed E-state index contributed by atoms with van der Waals surface area (Å²) in [5.74, 6) is 1.77. The molecule has 1 fully saturated rings. The highest BCUT2D eigenvalue weighted by Crippen LogP contribution is 2.26. The van der Waals surface area contributed by atoms with Gasteiger partial charge in [0.2, 0.25) is 0 Å². The SMILES string of the molecule is COC[C@H]1CN(c2ccc3nnc(C(C)(C)C)n3n2)CC(C)(C)O1. The van der Waals surface area contributed by atoms with E-state index in [9.17, 15) is 0 Å². The molecular weight excluding hydrogens is 306 g/mol. The highest BCUT2D eigenvalue weighted by atomic mass is 16.5. The third-order valence-corrected chi connectivity index (χ3v) is 4.08. The monoisotopic (exact) mass is 333 g/mol. The van der Waals surface area contributed by atoms with E-state index in [2.05, 4.69) is 49.7 Å². The molecular formula is C17H27N5O2. The molecule has 0 unspecified atom stereocenters. The quantitative estimate of drug-likeness (QED) is 0.856. The first kappa shape index (κ1) is 17.1. The molecule has 0 saturated carbocycles. The summed E-state index contributed by atoms with van der Waals surface area (Å²) in [7, 11) is 1.70. The number of ether oxygens (including phenoxy) is 2. The molecule has 24 heavy (non-hydrogen) atoms. The molecule has 3 rings (SSSR count). The smallest absolute Gasteiger partial charge is 0.178 e. The van der Waals surface area contributed by atoms with Crippen LogP contribution in [0.2, 0.25) is 0 Å². The first-order chi connectivity index (χ1) is 11.2. The van der Waals surface area contributed by atoms with Crippen LogP contribution in [0.4, 0.5) is 5.82 Å². The van der Waals surface area contributed by atoms with Gasteiger partial charge in [0.15, 0.2) is 11.5 Å². The zero-order chi connectivity index (χ0) is 17.5. The van der Waals surface area contributed by atoms with Crippen LogP contribution in [0.5, 0.6) is 0 Å². The van der Waals surface area contributed by atoms with Crippen LogP contribution < -0.4 is 4.90 Å². The Kier molecular flexibility index (Phi) is 4.25. The predicted molar refractivity (Wildman–Crippen MR) is 92.5 cm³/mol. The van der Waals surface area contributed by atoms with Gasteiger partial charge in [0.25, 0.3) is 0 Å². The Balaban J connectivity index is 1.96. The summed E-state index contributed by atoms with van der Waals surface area (Å²) >= 11 is 0. The van der Waals surface area contributed by atoms with Crippen LogP contribution in [-0.2, 0) is 14.9 Å². The molecule has 0 spiro atoms. The molecule has 1 aliphatic heterocycles. The highest BCUT2D eigenvalue weighted by molar-refractivity contribution is 5.47. The molecule has 2 aromatic rings. The molecule has 2 aromatic heterocycles. The van der Waals surface area contributed by atoms with Gasteiger partial charge in [0, 0.05) is 25.6 Å². The topological polar surface area (TPSA) is 64.8 Å². The molecule has 0 radical (unpaired) electrons. The summed E-state index contributed by atoms with van der Waals surface area (Å²) in [6.45, 7) is 12.6. The lowest BCUT2D eigenvalue weighted by molar-refractivity contribution is -0.106. The Morgan fingerprint density at radius 2 is 2.04 bits per heavy atom. The number of morpholine rings is 1. The van der Waals surface area contributed by atoms with Crippen LogP contribution in [0.1, 0.15) is 40.4 Å². The molecule has 0 aliphatic carbocycles. The van der Waals surface area contributed by atoms with E-state index in [-0.39, 0.29) is 17.1 Å². The van der Waals surface area contributed by atoms with Crippen LogP contribution in [0, 0.1) is 0 Å². The lowest BCUT2D eigenvalue weighted by Gasteiger charge is -2.43. The lowest BCUT2D eigenvalue weighted by Crippen LogP contribution is -2.54. The molecule has 0 amide bonds. The highest BCUT2D eigenvalue weighted by Gasteiger charge is 2.34. The van der Waals surface area contributed by atoms with Crippen molar-refractivity contribution in [2.24, 2.45) is 0 Å². The van der Waals surface area contributed by atoms with E-state index in [1.807, 2.05) is 16.6 Å². The maximum atomic E-state index is 6.09. The van der Waals surface area contributed by atoms with Crippen molar-refractivity contribution in [2.75, 3.05) is 31.7 Å². The fraction of sp³-hybridized carbons (Fsp3) is 0.706. The summed E-state index contributed by atoms with van der Waals surface area (Å²) in [4.78, 5) is 2.25. The van der Waals surface area contributed by atoms with Crippen LogP contribution in [0.15, 0.2) is 12.1 Å². The van der Waals surface area contributed by atoms with Gasteiger partial charge in [-0.15, -0.1) is 15.3 Å². The molecule has 1 saturated heterocycles. The molecule has 7 heteroatoms. The van der Waals surface area contributed by atoms with Crippen molar-refractivity contribution in [3.63, 3.8) is 0 Å². The number of aromatic nitrogens is 4. The third kappa shape index (κ3) is 3.37. The molecule has 0 aromatic carbocycles. The van der Waals surface area contributed by atoms with Gasteiger partial charge in [-0.1, -0.05) is 20.8 Å². The van der Waals surface area contributed by atoms with Crippen molar-refractivity contribution >= 4 is 11.5 Å². The maximum absolute atomic E-state index is 6.09. The number of rotatable bonds is 3. The maximum Gasteiger partial charge on any atom is 0.178 e. The number of hydrogen-bond acceptors (Lipinski definition) is 6. The van der Waals surface area contributed by atoms with Crippen LogP contribution in [-0.4, -0.2) is 58.3 Å². The summed E-state index contributed by atoms with van der Waals surface area (Å²) in [6.07, 6.45) is 0.0271. The Hall–Kier alpha value is -1.73. The van der Waals surface area contributed by atoms with E-state index in [1.54, 1.807) is 7.11 Å². The van der Waals surface area contributed by atoms with Crippen LogP contribution in [0.3, 0.4) is 0 Å². The zero-order valence-corrected chi connectivity index (χ0v) is 15.4. The zero-order valence-electron chi connectivity index (χ0n) is 15.4. The molecule has 0 N–H and O–H groups in total. The van der Waals surface area contributed by atoms with Gasteiger partial charge in [0.05, 0.1) is 18.3 Å². The fourth-order valence-corrected chi connectivity index (χ4v) is 3.16. The second kappa shape index (κ2) is 5.97. The Labute approximate surface area is 143 Å². The van der Waals surface area contributed by atoms with Gasteiger partial charge in [-0.25, -0.2) is 0 Å². The molecule has 1 aliphatic rings. The number of anilines is 1.